The van der Waals surface area contributed by atoms with Gasteiger partial charge in [0.05, 0.1) is 17.2 Å². The minimum Gasteiger partial charge on any atom is -0.272 e. The topological polar surface area (TPSA) is 43.6 Å². The third-order valence-corrected chi connectivity index (χ3v) is 4.35. The van der Waals surface area contributed by atoms with Gasteiger partial charge in [-0.3, -0.25) is 9.67 Å². The van der Waals surface area contributed by atoms with E-state index < -0.39 is 0 Å². The van der Waals surface area contributed by atoms with Gasteiger partial charge in [0.1, 0.15) is 5.15 Å². The van der Waals surface area contributed by atoms with Crippen molar-refractivity contribution < 1.29 is 0 Å². The van der Waals surface area contributed by atoms with Crippen LogP contribution in [0.5, 0.6) is 0 Å². The average Bonchev–Trinajstić information content (AvgIpc) is 2.91. The highest BCUT2D eigenvalue weighted by Crippen LogP contribution is 2.28. The Morgan fingerprint density at radius 1 is 1.14 bits per heavy atom. The maximum absolute atomic E-state index is 5.95. The van der Waals surface area contributed by atoms with Crippen LogP contribution < -0.4 is 0 Å². The Kier molecular flexibility index (Phi) is 3.11. The first-order valence-electron chi connectivity index (χ1n) is 7.23. The summed E-state index contributed by atoms with van der Waals surface area (Å²) in [6.45, 7) is 1.02. The number of aromatic nitrogens is 4. The standard InChI is InChI=1S/C16H15ClN4/c17-16-5-4-14-15(20-16)6-12(7-18-14)13-8-19-21(10-13)9-11-2-1-3-11/h4-8,10-11H,1-3,9H2. The molecule has 21 heavy (non-hydrogen) atoms. The molecule has 0 unspecified atom stereocenters. The Bertz CT molecular complexity index is 792. The van der Waals surface area contributed by atoms with E-state index in [4.69, 9.17) is 11.6 Å². The summed E-state index contributed by atoms with van der Waals surface area (Å²) >= 11 is 5.95. The van der Waals surface area contributed by atoms with Crippen LogP contribution in [0.3, 0.4) is 0 Å². The van der Waals surface area contributed by atoms with Crippen LogP contribution in [0.4, 0.5) is 0 Å². The van der Waals surface area contributed by atoms with Crippen LogP contribution in [-0.4, -0.2) is 19.7 Å². The molecule has 0 amide bonds. The predicted molar refractivity (Wildman–Crippen MR) is 83.1 cm³/mol. The lowest BCUT2D eigenvalue weighted by Crippen LogP contribution is -2.18. The molecule has 4 nitrogen and oxygen atoms in total. The molecule has 3 aromatic heterocycles. The van der Waals surface area contributed by atoms with Crippen LogP contribution in [0.25, 0.3) is 22.2 Å². The predicted octanol–water partition coefficient (Wildman–Crippen LogP) is 3.95. The van der Waals surface area contributed by atoms with E-state index in [9.17, 15) is 0 Å². The maximum Gasteiger partial charge on any atom is 0.129 e. The van der Waals surface area contributed by atoms with Crippen molar-refractivity contribution in [2.45, 2.75) is 25.8 Å². The summed E-state index contributed by atoms with van der Waals surface area (Å²) in [6.07, 6.45) is 9.87. The molecule has 0 spiro atoms. The molecule has 1 aliphatic rings. The monoisotopic (exact) mass is 298 g/mol. The molecule has 0 aliphatic heterocycles. The molecular formula is C16H15ClN4. The first-order valence-corrected chi connectivity index (χ1v) is 7.61. The van der Waals surface area contributed by atoms with Gasteiger partial charge < -0.3 is 0 Å². The molecule has 0 N–H and O–H groups in total. The number of rotatable bonds is 3. The smallest absolute Gasteiger partial charge is 0.129 e. The zero-order valence-electron chi connectivity index (χ0n) is 11.5. The number of halogens is 1. The minimum absolute atomic E-state index is 0.488. The van der Waals surface area contributed by atoms with E-state index in [2.05, 4.69) is 21.3 Å². The molecule has 0 aromatic carbocycles. The second kappa shape index (κ2) is 5.11. The molecular weight excluding hydrogens is 284 g/mol. The van der Waals surface area contributed by atoms with Crippen LogP contribution in [0.1, 0.15) is 19.3 Å². The second-order valence-corrected chi connectivity index (χ2v) is 6.03. The molecule has 0 saturated heterocycles. The number of hydrogen-bond donors (Lipinski definition) is 0. The first-order chi connectivity index (χ1) is 10.3. The normalized spacial score (nSPS) is 15.3. The molecule has 0 atom stereocenters. The van der Waals surface area contributed by atoms with Gasteiger partial charge in [0.2, 0.25) is 0 Å². The fraction of sp³-hybridized carbons (Fsp3) is 0.312. The van der Waals surface area contributed by atoms with Crippen molar-refractivity contribution in [3.63, 3.8) is 0 Å². The fourth-order valence-corrected chi connectivity index (χ4v) is 2.85. The zero-order chi connectivity index (χ0) is 14.2. The Hall–Kier alpha value is -1.94. The summed E-state index contributed by atoms with van der Waals surface area (Å²) in [4.78, 5) is 8.75. The molecule has 0 bridgehead atoms. The molecule has 0 radical (unpaired) electrons. The highest BCUT2D eigenvalue weighted by Gasteiger charge is 2.18. The molecule has 3 aromatic rings. The van der Waals surface area contributed by atoms with Crippen molar-refractivity contribution in [2.75, 3.05) is 0 Å². The van der Waals surface area contributed by atoms with Crippen LogP contribution >= 0.6 is 11.6 Å². The molecule has 1 aliphatic carbocycles. The molecule has 1 saturated carbocycles. The van der Waals surface area contributed by atoms with E-state index in [1.807, 2.05) is 29.2 Å². The van der Waals surface area contributed by atoms with Gasteiger partial charge in [-0.2, -0.15) is 5.10 Å². The van der Waals surface area contributed by atoms with Crippen LogP contribution in [0, 0.1) is 5.92 Å². The number of pyridine rings is 2. The highest BCUT2D eigenvalue weighted by molar-refractivity contribution is 6.29. The summed E-state index contributed by atoms with van der Waals surface area (Å²) in [7, 11) is 0. The van der Waals surface area contributed by atoms with Gasteiger partial charge in [0.25, 0.3) is 0 Å². The molecule has 3 heterocycles. The van der Waals surface area contributed by atoms with E-state index in [0.29, 0.717) is 5.15 Å². The van der Waals surface area contributed by atoms with Crippen molar-refractivity contribution in [1.82, 2.24) is 19.7 Å². The molecule has 5 heteroatoms. The maximum atomic E-state index is 5.95. The second-order valence-electron chi connectivity index (χ2n) is 5.64. The number of nitrogens with zero attached hydrogens (tertiary/aromatic N) is 4. The summed E-state index contributed by atoms with van der Waals surface area (Å²) in [5.41, 5.74) is 3.76. The first kappa shape index (κ1) is 12.8. The lowest BCUT2D eigenvalue weighted by Gasteiger charge is -2.24. The summed E-state index contributed by atoms with van der Waals surface area (Å²) in [6, 6.07) is 5.65. The van der Waals surface area contributed by atoms with Crippen molar-refractivity contribution in [1.29, 1.82) is 0 Å². The van der Waals surface area contributed by atoms with Crippen molar-refractivity contribution in [2.24, 2.45) is 5.92 Å². The van der Waals surface area contributed by atoms with E-state index in [1.165, 1.54) is 19.3 Å². The average molecular weight is 299 g/mol. The van der Waals surface area contributed by atoms with Gasteiger partial charge in [-0.15, -0.1) is 0 Å². The minimum atomic E-state index is 0.488. The van der Waals surface area contributed by atoms with Crippen LogP contribution in [0.2, 0.25) is 5.15 Å². The van der Waals surface area contributed by atoms with Gasteiger partial charge in [-0.25, -0.2) is 4.98 Å². The highest BCUT2D eigenvalue weighted by atomic mass is 35.5. The Labute approximate surface area is 127 Å². The third kappa shape index (κ3) is 2.51. The van der Waals surface area contributed by atoms with Crippen LogP contribution in [-0.2, 0) is 6.54 Å². The van der Waals surface area contributed by atoms with E-state index in [0.717, 1.165) is 34.6 Å². The van der Waals surface area contributed by atoms with Gasteiger partial charge >= 0.3 is 0 Å². The van der Waals surface area contributed by atoms with E-state index in [-0.39, 0.29) is 0 Å². The third-order valence-electron chi connectivity index (χ3n) is 4.14. The van der Waals surface area contributed by atoms with Crippen LogP contribution in [0.15, 0.2) is 36.8 Å². The van der Waals surface area contributed by atoms with Gasteiger partial charge in [0, 0.05) is 30.1 Å². The fourth-order valence-electron chi connectivity index (χ4n) is 2.69. The molecule has 4 rings (SSSR count). The van der Waals surface area contributed by atoms with Gasteiger partial charge in [-0.1, -0.05) is 18.0 Å². The summed E-state index contributed by atoms with van der Waals surface area (Å²) in [5, 5.41) is 4.94. The van der Waals surface area contributed by atoms with Gasteiger partial charge in [-0.05, 0) is 37.0 Å². The Morgan fingerprint density at radius 3 is 2.86 bits per heavy atom. The van der Waals surface area contributed by atoms with E-state index >= 15 is 0 Å². The summed E-state index contributed by atoms with van der Waals surface area (Å²) in [5.74, 6) is 0.799. The van der Waals surface area contributed by atoms with Crippen molar-refractivity contribution >= 4 is 22.6 Å². The van der Waals surface area contributed by atoms with Gasteiger partial charge in [0.15, 0.2) is 0 Å². The number of hydrogen-bond acceptors (Lipinski definition) is 3. The Morgan fingerprint density at radius 2 is 2.05 bits per heavy atom. The molecule has 1 fully saturated rings. The van der Waals surface area contributed by atoms with Crippen molar-refractivity contribution in [3.8, 4) is 11.1 Å². The summed E-state index contributed by atoms with van der Waals surface area (Å²) < 4.78 is 2.04. The lowest BCUT2D eigenvalue weighted by atomic mass is 9.85. The van der Waals surface area contributed by atoms with Crippen molar-refractivity contribution in [3.05, 3.63) is 41.9 Å². The zero-order valence-corrected chi connectivity index (χ0v) is 12.3. The Balaban J connectivity index is 1.65. The van der Waals surface area contributed by atoms with E-state index in [1.54, 1.807) is 6.07 Å². The lowest BCUT2D eigenvalue weighted by molar-refractivity contribution is 0.266. The largest absolute Gasteiger partial charge is 0.272 e. The molecule has 106 valence electrons. The quantitative estimate of drug-likeness (QED) is 0.688. The SMILES string of the molecule is Clc1ccc2ncc(-c3cnn(CC4CCC4)c3)cc2n1. The number of fused-ring (bicyclic) bond motifs is 1.